The van der Waals surface area contributed by atoms with Gasteiger partial charge in [0.15, 0.2) is 0 Å². The molecule has 0 heterocycles. The molecule has 0 spiro atoms. The van der Waals surface area contributed by atoms with Gasteiger partial charge in [0.2, 0.25) is 5.91 Å². The number of hydrogen-bond acceptors (Lipinski definition) is 4. The van der Waals surface area contributed by atoms with Gasteiger partial charge in [0.1, 0.15) is 0 Å². The molecular formula is C14H23N3O2. The van der Waals surface area contributed by atoms with E-state index in [9.17, 15) is 4.79 Å². The van der Waals surface area contributed by atoms with Gasteiger partial charge in [-0.25, -0.2) is 0 Å². The SMILES string of the molecule is CCCN(CCO)C(C)C(=O)Nc1ccccc1N. The average molecular weight is 265 g/mol. The van der Waals surface area contributed by atoms with Crippen LogP contribution in [-0.4, -0.2) is 41.7 Å². The van der Waals surface area contributed by atoms with Crippen LogP contribution < -0.4 is 11.1 Å². The summed E-state index contributed by atoms with van der Waals surface area (Å²) in [4.78, 5) is 14.1. The van der Waals surface area contributed by atoms with Gasteiger partial charge in [0.25, 0.3) is 0 Å². The number of nitrogens with one attached hydrogen (secondary N) is 1. The average Bonchev–Trinajstić information content (AvgIpc) is 2.40. The van der Waals surface area contributed by atoms with Crippen molar-refractivity contribution in [2.24, 2.45) is 0 Å². The second-order valence-corrected chi connectivity index (χ2v) is 4.51. The molecule has 1 rings (SSSR count). The Balaban J connectivity index is 2.68. The van der Waals surface area contributed by atoms with Crippen LogP contribution in [0.3, 0.4) is 0 Å². The van der Waals surface area contributed by atoms with Gasteiger partial charge in [0, 0.05) is 6.54 Å². The maximum Gasteiger partial charge on any atom is 0.241 e. The van der Waals surface area contributed by atoms with E-state index in [1.807, 2.05) is 30.9 Å². The van der Waals surface area contributed by atoms with Crippen LogP contribution in [0.15, 0.2) is 24.3 Å². The second kappa shape index (κ2) is 7.76. The van der Waals surface area contributed by atoms with E-state index in [-0.39, 0.29) is 18.6 Å². The molecule has 0 aliphatic rings. The van der Waals surface area contributed by atoms with E-state index >= 15 is 0 Å². The molecule has 0 aliphatic heterocycles. The monoisotopic (exact) mass is 265 g/mol. The highest BCUT2D eigenvalue weighted by molar-refractivity contribution is 5.97. The van der Waals surface area contributed by atoms with Gasteiger partial charge in [0.05, 0.1) is 24.0 Å². The quantitative estimate of drug-likeness (QED) is 0.649. The summed E-state index contributed by atoms with van der Waals surface area (Å²) in [6.45, 7) is 5.20. The summed E-state index contributed by atoms with van der Waals surface area (Å²) in [7, 11) is 0. The van der Waals surface area contributed by atoms with E-state index in [4.69, 9.17) is 10.8 Å². The van der Waals surface area contributed by atoms with E-state index < -0.39 is 0 Å². The van der Waals surface area contributed by atoms with Gasteiger partial charge < -0.3 is 16.2 Å². The molecule has 1 atom stereocenters. The van der Waals surface area contributed by atoms with Crippen LogP contribution in [-0.2, 0) is 4.79 Å². The molecule has 0 fully saturated rings. The van der Waals surface area contributed by atoms with Crippen molar-refractivity contribution < 1.29 is 9.90 Å². The summed E-state index contributed by atoms with van der Waals surface area (Å²) in [5, 5.41) is 11.9. The largest absolute Gasteiger partial charge is 0.397 e. The van der Waals surface area contributed by atoms with Crippen LogP contribution in [0.4, 0.5) is 11.4 Å². The molecule has 5 nitrogen and oxygen atoms in total. The fourth-order valence-corrected chi connectivity index (χ4v) is 1.93. The zero-order valence-electron chi connectivity index (χ0n) is 11.6. The second-order valence-electron chi connectivity index (χ2n) is 4.51. The summed E-state index contributed by atoms with van der Waals surface area (Å²) in [6.07, 6.45) is 0.936. The molecule has 0 bridgehead atoms. The first-order valence-corrected chi connectivity index (χ1v) is 6.60. The standard InChI is InChI=1S/C14H23N3O2/c1-3-8-17(9-10-18)11(2)14(19)16-13-7-5-4-6-12(13)15/h4-7,11,18H,3,8-10,15H2,1-2H3,(H,16,19). The first kappa shape index (κ1) is 15.5. The summed E-state index contributed by atoms with van der Waals surface area (Å²) in [5.41, 5.74) is 6.97. The molecule has 0 radical (unpaired) electrons. The van der Waals surface area contributed by atoms with Crippen molar-refractivity contribution in [3.8, 4) is 0 Å². The normalized spacial score (nSPS) is 12.4. The lowest BCUT2D eigenvalue weighted by Gasteiger charge is -2.27. The predicted molar refractivity (Wildman–Crippen MR) is 77.9 cm³/mol. The Morgan fingerprint density at radius 1 is 1.42 bits per heavy atom. The number of aliphatic hydroxyl groups is 1. The third kappa shape index (κ3) is 4.54. The van der Waals surface area contributed by atoms with Gasteiger partial charge >= 0.3 is 0 Å². The highest BCUT2D eigenvalue weighted by atomic mass is 16.3. The smallest absolute Gasteiger partial charge is 0.241 e. The van der Waals surface area contributed by atoms with Crippen LogP contribution in [0.1, 0.15) is 20.3 Å². The predicted octanol–water partition coefficient (Wildman–Crippen LogP) is 1.30. The molecule has 1 aromatic rings. The van der Waals surface area contributed by atoms with Crippen molar-refractivity contribution in [1.82, 2.24) is 4.90 Å². The third-order valence-electron chi connectivity index (χ3n) is 3.04. The lowest BCUT2D eigenvalue weighted by molar-refractivity contribution is -0.120. The van der Waals surface area contributed by atoms with E-state index in [1.165, 1.54) is 0 Å². The summed E-state index contributed by atoms with van der Waals surface area (Å²) < 4.78 is 0. The van der Waals surface area contributed by atoms with Crippen LogP contribution >= 0.6 is 0 Å². The Kier molecular flexibility index (Phi) is 6.32. The number of nitrogens with zero attached hydrogens (tertiary/aromatic N) is 1. The van der Waals surface area contributed by atoms with Gasteiger partial charge in [-0.05, 0) is 32.0 Å². The van der Waals surface area contributed by atoms with Crippen molar-refractivity contribution >= 4 is 17.3 Å². The topological polar surface area (TPSA) is 78.6 Å². The van der Waals surface area contributed by atoms with Crippen LogP contribution in [0.2, 0.25) is 0 Å². The van der Waals surface area contributed by atoms with Crippen molar-refractivity contribution in [2.45, 2.75) is 26.3 Å². The first-order chi connectivity index (χ1) is 9.10. The molecule has 0 aliphatic carbocycles. The minimum atomic E-state index is -0.299. The molecule has 0 saturated carbocycles. The first-order valence-electron chi connectivity index (χ1n) is 6.60. The minimum Gasteiger partial charge on any atom is -0.397 e. The highest BCUT2D eigenvalue weighted by Crippen LogP contribution is 2.17. The number of amides is 1. The molecule has 1 aromatic carbocycles. The fraction of sp³-hybridized carbons (Fsp3) is 0.500. The number of para-hydroxylation sites is 2. The zero-order chi connectivity index (χ0) is 14.3. The number of anilines is 2. The molecule has 19 heavy (non-hydrogen) atoms. The minimum absolute atomic E-state index is 0.0467. The molecule has 0 saturated heterocycles. The summed E-state index contributed by atoms with van der Waals surface area (Å²) >= 11 is 0. The fourth-order valence-electron chi connectivity index (χ4n) is 1.93. The third-order valence-corrected chi connectivity index (χ3v) is 3.04. The van der Waals surface area contributed by atoms with Gasteiger partial charge in [-0.1, -0.05) is 19.1 Å². The summed E-state index contributed by atoms with van der Waals surface area (Å²) in [6, 6.07) is 6.87. The van der Waals surface area contributed by atoms with Crippen LogP contribution in [0.5, 0.6) is 0 Å². The maximum absolute atomic E-state index is 12.2. The molecular weight excluding hydrogens is 242 g/mol. The Morgan fingerprint density at radius 3 is 2.68 bits per heavy atom. The number of rotatable bonds is 7. The van der Waals surface area contributed by atoms with Crippen molar-refractivity contribution in [3.05, 3.63) is 24.3 Å². The molecule has 4 N–H and O–H groups in total. The van der Waals surface area contributed by atoms with Gasteiger partial charge in [-0.15, -0.1) is 0 Å². The maximum atomic E-state index is 12.2. The molecule has 1 unspecified atom stereocenters. The number of aliphatic hydroxyl groups excluding tert-OH is 1. The van der Waals surface area contributed by atoms with Gasteiger partial charge in [-0.2, -0.15) is 0 Å². The van der Waals surface area contributed by atoms with E-state index in [0.717, 1.165) is 13.0 Å². The summed E-state index contributed by atoms with van der Waals surface area (Å²) in [5.74, 6) is -0.111. The number of carbonyl (C=O) groups excluding carboxylic acids is 1. The van der Waals surface area contributed by atoms with Crippen molar-refractivity contribution in [1.29, 1.82) is 0 Å². The lowest BCUT2D eigenvalue weighted by atomic mass is 10.2. The van der Waals surface area contributed by atoms with Crippen molar-refractivity contribution in [3.63, 3.8) is 0 Å². The number of carbonyl (C=O) groups is 1. The number of nitrogen functional groups attached to an aromatic ring is 1. The Morgan fingerprint density at radius 2 is 2.11 bits per heavy atom. The van der Waals surface area contributed by atoms with Gasteiger partial charge in [-0.3, -0.25) is 9.69 Å². The Labute approximate surface area is 114 Å². The van der Waals surface area contributed by atoms with Crippen LogP contribution in [0, 0.1) is 0 Å². The van der Waals surface area contributed by atoms with E-state index in [2.05, 4.69) is 5.32 Å². The molecule has 106 valence electrons. The molecule has 0 aromatic heterocycles. The highest BCUT2D eigenvalue weighted by Gasteiger charge is 2.20. The van der Waals surface area contributed by atoms with E-state index in [0.29, 0.717) is 17.9 Å². The molecule has 5 heteroatoms. The zero-order valence-corrected chi connectivity index (χ0v) is 11.6. The Hall–Kier alpha value is -1.59. The van der Waals surface area contributed by atoms with Crippen LogP contribution in [0.25, 0.3) is 0 Å². The number of nitrogens with two attached hydrogens (primary N) is 1. The molecule has 1 amide bonds. The van der Waals surface area contributed by atoms with Crippen molar-refractivity contribution in [2.75, 3.05) is 30.7 Å². The Bertz CT molecular complexity index is 403. The lowest BCUT2D eigenvalue weighted by Crippen LogP contribution is -2.43. The number of hydrogen-bond donors (Lipinski definition) is 3. The number of benzene rings is 1. The van der Waals surface area contributed by atoms with E-state index in [1.54, 1.807) is 12.1 Å².